The van der Waals surface area contributed by atoms with Crippen LogP contribution >= 0.6 is 35.0 Å². The van der Waals surface area contributed by atoms with Crippen molar-refractivity contribution in [3.05, 3.63) is 22.2 Å². The molecule has 1 aliphatic rings. The first kappa shape index (κ1) is 14.2. The molecule has 18 heavy (non-hydrogen) atoms. The standard InChI is InChI=1S/C13H18Cl2N2S/c1-13(2)3-4-17(5-6-18-13)12-10(14)7-9(16)8-11(12)15/h7-8H,3-6,16H2,1-2H3. The number of nitrogen functional groups attached to an aromatic ring is 1. The smallest absolute Gasteiger partial charge is 0.0746 e. The lowest BCUT2D eigenvalue weighted by molar-refractivity contribution is 0.638. The Bertz CT molecular complexity index is 426. The van der Waals surface area contributed by atoms with Gasteiger partial charge in [0.05, 0.1) is 15.7 Å². The Kier molecular flexibility index (Phi) is 4.25. The van der Waals surface area contributed by atoms with E-state index >= 15 is 0 Å². The normalized spacial score (nSPS) is 19.7. The van der Waals surface area contributed by atoms with Crippen molar-refractivity contribution in [2.75, 3.05) is 29.5 Å². The first-order valence-corrected chi connectivity index (χ1v) is 7.77. The van der Waals surface area contributed by atoms with Gasteiger partial charge in [0.15, 0.2) is 0 Å². The van der Waals surface area contributed by atoms with Gasteiger partial charge in [-0.05, 0) is 18.6 Å². The number of nitrogens with two attached hydrogens (primary N) is 1. The van der Waals surface area contributed by atoms with Crippen molar-refractivity contribution in [3.8, 4) is 0 Å². The largest absolute Gasteiger partial charge is 0.399 e. The molecule has 2 N–H and O–H groups in total. The van der Waals surface area contributed by atoms with Crippen LogP contribution < -0.4 is 10.6 Å². The van der Waals surface area contributed by atoms with E-state index in [-0.39, 0.29) is 0 Å². The summed E-state index contributed by atoms with van der Waals surface area (Å²) >= 11 is 14.6. The predicted molar refractivity (Wildman–Crippen MR) is 84.2 cm³/mol. The molecule has 1 fully saturated rings. The first-order chi connectivity index (χ1) is 8.39. The third-order valence-electron chi connectivity index (χ3n) is 3.19. The van der Waals surface area contributed by atoms with Crippen molar-refractivity contribution in [3.63, 3.8) is 0 Å². The lowest BCUT2D eigenvalue weighted by Gasteiger charge is -2.26. The molecule has 0 radical (unpaired) electrons. The molecule has 1 aliphatic heterocycles. The zero-order valence-electron chi connectivity index (χ0n) is 10.7. The highest BCUT2D eigenvalue weighted by atomic mass is 35.5. The van der Waals surface area contributed by atoms with E-state index in [2.05, 4.69) is 18.7 Å². The summed E-state index contributed by atoms with van der Waals surface area (Å²) in [5, 5.41) is 1.29. The van der Waals surface area contributed by atoms with Gasteiger partial charge < -0.3 is 10.6 Å². The Morgan fingerprint density at radius 2 is 1.83 bits per heavy atom. The Morgan fingerprint density at radius 1 is 1.22 bits per heavy atom. The van der Waals surface area contributed by atoms with Crippen molar-refractivity contribution < 1.29 is 0 Å². The van der Waals surface area contributed by atoms with Crippen molar-refractivity contribution in [1.82, 2.24) is 0 Å². The molecule has 100 valence electrons. The monoisotopic (exact) mass is 304 g/mol. The summed E-state index contributed by atoms with van der Waals surface area (Å²) in [4.78, 5) is 2.27. The zero-order valence-corrected chi connectivity index (χ0v) is 13.0. The Morgan fingerprint density at radius 3 is 2.44 bits per heavy atom. The van der Waals surface area contributed by atoms with E-state index in [9.17, 15) is 0 Å². The summed E-state index contributed by atoms with van der Waals surface area (Å²) in [7, 11) is 0. The van der Waals surface area contributed by atoms with E-state index in [1.54, 1.807) is 12.1 Å². The molecule has 0 aliphatic carbocycles. The number of nitrogens with zero attached hydrogens (tertiary/aromatic N) is 1. The highest BCUT2D eigenvalue weighted by Gasteiger charge is 2.25. The molecule has 2 rings (SSSR count). The maximum atomic E-state index is 6.28. The molecule has 0 aromatic heterocycles. The molecule has 0 saturated carbocycles. The van der Waals surface area contributed by atoms with Crippen LogP contribution in [0.1, 0.15) is 20.3 Å². The third-order valence-corrected chi connectivity index (χ3v) is 5.14. The minimum Gasteiger partial charge on any atom is -0.399 e. The van der Waals surface area contributed by atoms with E-state index in [1.807, 2.05) is 11.8 Å². The fourth-order valence-corrected chi connectivity index (χ4v) is 3.97. The molecular formula is C13H18Cl2N2S. The highest BCUT2D eigenvalue weighted by molar-refractivity contribution is 8.00. The van der Waals surface area contributed by atoms with Crippen LogP contribution in [0.5, 0.6) is 0 Å². The molecule has 0 amide bonds. The topological polar surface area (TPSA) is 29.3 Å². The highest BCUT2D eigenvalue weighted by Crippen LogP contribution is 2.39. The van der Waals surface area contributed by atoms with Crippen LogP contribution in [0.15, 0.2) is 12.1 Å². The molecule has 0 atom stereocenters. The number of halogens is 2. The summed E-state index contributed by atoms with van der Waals surface area (Å²) in [5.74, 6) is 1.09. The maximum absolute atomic E-state index is 6.28. The Balaban J connectivity index is 2.27. The molecule has 0 spiro atoms. The van der Waals surface area contributed by atoms with E-state index in [4.69, 9.17) is 28.9 Å². The van der Waals surface area contributed by atoms with Gasteiger partial charge >= 0.3 is 0 Å². The number of anilines is 2. The molecule has 5 heteroatoms. The van der Waals surface area contributed by atoms with Gasteiger partial charge in [0.2, 0.25) is 0 Å². The molecule has 1 aromatic rings. The lowest BCUT2D eigenvalue weighted by Crippen LogP contribution is -2.27. The van der Waals surface area contributed by atoms with Crippen molar-refractivity contribution in [2.24, 2.45) is 0 Å². The van der Waals surface area contributed by atoms with Gasteiger partial charge in [0, 0.05) is 29.3 Å². The Hall–Kier alpha value is -0.250. The average molecular weight is 305 g/mol. The summed E-state index contributed by atoms with van der Waals surface area (Å²) in [6.07, 6.45) is 1.12. The van der Waals surface area contributed by atoms with Gasteiger partial charge in [-0.25, -0.2) is 0 Å². The van der Waals surface area contributed by atoms with Gasteiger partial charge in [0.25, 0.3) is 0 Å². The van der Waals surface area contributed by atoms with Gasteiger partial charge in [-0.2, -0.15) is 11.8 Å². The minimum atomic E-state index is 0.321. The van der Waals surface area contributed by atoms with E-state index in [1.165, 1.54) is 0 Å². The quantitative estimate of drug-likeness (QED) is 0.785. The summed E-state index contributed by atoms with van der Waals surface area (Å²) in [5.41, 5.74) is 7.27. The molecule has 1 aromatic carbocycles. The van der Waals surface area contributed by atoms with Crippen LogP contribution in [-0.4, -0.2) is 23.6 Å². The first-order valence-electron chi connectivity index (χ1n) is 6.02. The van der Waals surface area contributed by atoms with Gasteiger partial charge in [-0.1, -0.05) is 37.0 Å². The van der Waals surface area contributed by atoms with E-state index in [0.717, 1.165) is 31.0 Å². The third kappa shape index (κ3) is 3.19. The molecule has 0 bridgehead atoms. The minimum absolute atomic E-state index is 0.321. The van der Waals surface area contributed by atoms with Gasteiger partial charge in [0.1, 0.15) is 0 Å². The zero-order chi connectivity index (χ0) is 13.3. The van der Waals surface area contributed by atoms with Gasteiger partial charge in [-0.15, -0.1) is 0 Å². The summed E-state index contributed by atoms with van der Waals surface area (Å²) < 4.78 is 0.321. The second-order valence-corrected chi connectivity index (χ2v) is 7.79. The number of thioether (sulfide) groups is 1. The van der Waals surface area contributed by atoms with Crippen molar-refractivity contribution in [1.29, 1.82) is 0 Å². The van der Waals surface area contributed by atoms with Crippen LogP contribution in [0, 0.1) is 0 Å². The number of rotatable bonds is 1. The fraction of sp³-hybridized carbons (Fsp3) is 0.538. The second kappa shape index (κ2) is 5.40. The average Bonchev–Trinajstić information content (AvgIpc) is 2.39. The second-order valence-electron chi connectivity index (χ2n) is 5.18. The van der Waals surface area contributed by atoms with Crippen molar-refractivity contribution >= 4 is 46.3 Å². The van der Waals surface area contributed by atoms with E-state index < -0.39 is 0 Å². The molecular weight excluding hydrogens is 287 g/mol. The van der Waals surface area contributed by atoms with E-state index in [0.29, 0.717) is 20.5 Å². The lowest BCUT2D eigenvalue weighted by atomic mass is 10.1. The number of hydrogen-bond donors (Lipinski definition) is 1. The molecule has 0 unspecified atom stereocenters. The van der Waals surface area contributed by atoms with Crippen LogP contribution in [-0.2, 0) is 0 Å². The van der Waals surface area contributed by atoms with Crippen LogP contribution in [0.25, 0.3) is 0 Å². The molecule has 2 nitrogen and oxygen atoms in total. The molecule has 1 saturated heterocycles. The van der Waals surface area contributed by atoms with Crippen LogP contribution in [0.4, 0.5) is 11.4 Å². The number of hydrogen-bond acceptors (Lipinski definition) is 3. The van der Waals surface area contributed by atoms with Crippen LogP contribution in [0.3, 0.4) is 0 Å². The number of benzene rings is 1. The Labute approximate surface area is 123 Å². The predicted octanol–water partition coefficient (Wildman–Crippen LogP) is 4.30. The SMILES string of the molecule is CC1(C)CCN(c2c(Cl)cc(N)cc2Cl)CCS1. The molecule has 1 heterocycles. The van der Waals surface area contributed by atoms with Gasteiger partial charge in [-0.3, -0.25) is 0 Å². The van der Waals surface area contributed by atoms with Crippen LogP contribution in [0.2, 0.25) is 10.0 Å². The summed E-state index contributed by atoms with van der Waals surface area (Å²) in [6, 6.07) is 3.54. The van der Waals surface area contributed by atoms with Crippen molar-refractivity contribution in [2.45, 2.75) is 25.0 Å². The summed E-state index contributed by atoms with van der Waals surface area (Å²) in [6.45, 7) is 6.52. The maximum Gasteiger partial charge on any atom is 0.0746 e. The fourth-order valence-electron chi connectivity index (χ4n) is 2.13.